The van der Waals surface area contributed by atoms with Crippen LogP contribution in [0.1, 0.15) is 6.42 Å². The van der Waals surface area contributed by atoms with Gasteiger partial charge < -0.3 is 14.5 Å². The van der Waals surface area contributed by atoms with Crippen LogP contribution in [0.25, 0.3) is 21.8 Å². The van der Waals surface area contributed by atoms with E-state index in [1.54, 1.807) is 65.8 Å². The van der Waals surface area contributed by atoms with Crippen molar-refractivity contribution in [2.24, 2.45) is 0 Å². The molecule has 2 heterocycles. The Morgan fingerprint density at radius 1 is 1.07 bits per heavy atom. The number of rotatable bonds is 5. The average Bonchev–Trinajstić information content (AvgIpc) is 3.26. The molecule has 0 unspecified atom stereocenters. The van der Waals surface area contributed by atoms with E-state index < -0.39 is 12.7 Å². The highest BCUT2D eigenvalue weighted by atomic mass is 19.4. The summed E-state index contributed by atoms with van der Waals surface area (Å²) in [5.74, 6) is -0.174. The number of nitrogens with zero attached hydrogens (tertiary/aromatic N) is 3. The third-order valence-corrected chi connectivity index (χ3v) is 4.55. The molecule has 0 radical (unpaired) electrons. The van der Waals surface area contributed by atoms with E-state index in [0.29, 0.717) is 28.7 Å². The van der Waals surface area contributed by atoms with Crippen molar-refractivity contribution in [3.63, 3.8) is 0 Å². The summed E-state index contributed by atoms with van der Waals surface area (Å²) in [5.41, 5.74) is 1.55. The number of halogens is 3. The Hall–Kier alpha value is -3.29. The first-order valence-corrected chi connectivity index (χ1v) is 8.74. The van der Waals surface area contributed by atoms with E-state index in [9.17, 15) is 18.0 Å². The van der Waals surface area contributed by atoms with Gasteiger partial charge in [-0.1, -0.05) is 18.2 Å². The highest BCUT2D eigenvalue weighted by molar-refractivity contribution is 6.09. The average molecular weight is 386 g/mol. The molecule has 0 atom stereocenters. The zero-order chi connectivity index (χ0) is 19.7. The van der Waals surface area contributed by atoms with Crippen molar-refractivity contribution in [2.75, 3.05) is 5.32 Å². The van der Waals surface area contributed by atoms with E-state index in [-0.39, 0.29) is 12.3 Å². The van der Waals surface area contributed by atoms with Crippen molar-refractivity contribution in [1.82, 2.24) is 14.1 Å². The van der Waals surface area contributed by atoms with Crippen LogP contribution in [0, 0.1) is 0 Å². The number of carbonyl (C=O) groups is 1. The minimum absolute atomic E-state index is 0.174. The van der Waals surface area contributed by atoms with Gasteiger partial charge in [0.1, 0.15) is 6.54 Å². The number of hydrogen-bond donors (Lipinski definition) is 1. The van der Waals surface area contributed by atoms with Gasteiger partial charge in [-0.25, -0.2) is 4.98 Å². The standard InChI is InChI=1S/C20H17F3N4O/c21-20(22,23)12-27-17-4-2-1-3-15(17)16-11-14(5-6-18(16)27)25-19(28)7-9-26-10-8-24-13-26/h1-6,8,10-11,13H,7,9,12H2,(H,25,28). The Morgan fingerprint density at radius 3 is 2.61 bits per heavy atom. The zero-order valence-corrected chi connectivity index (χ0v) is 14.8. The molecule has 4 aromatic rings. The second-order valence-corrected chi connectivity index (χ2v) is 6.55. The first kappa shape index (κ1) is 18.1. The monoisotopic (exact) mass is 386 g/mol. The van der Waals surface area contributed by atoms with Gasteiger partial charge in [0, 0.05) is 52.9 Å². The number of benzene rings is 2. The second kappa shape index (κ2) is 7.03. The molecule has 0 aliphatic rings. The molecule has 2 aromatic heterocycles. The lowest BCUT2D eigenvalue weighted by atomic mass is 10.1. The van der Waals surface area contributed by atoms with Gasteiger partial charge in [-0.2, -0.15) is 13.2 Å². The van der Waals surface area contributed by atoms with Crippen LogP contribution in [0.2, 0.25) is 0 Å². The molecular weight excluding hydrogens is 369 g/mol. The van der Waals surface area contributed by atoms with E-state index in [2.05, 4.69) is 10.3 Å². The molecule has 1 N–H and O–H groups in total. The van der Waals surface area contributed by atoms with Crippen molar-refractivity contribution in [1.29, 1.82) is 0 Å². The molecule has 0 saturated heterocycles. The Kier molecular flexibility index (Phi) is 4.54. The van der Waals surface area contributed by atoms with Gasteiger partial charge in [-0.15, -0.1) is 0 Å². The Bertz CT molecular complexity index is 1130. The maximum absolute atomic E-state index is 13.0. The number of fused-ring (bicyclic) bond motifs is 3. The molecular formula is C20H17F3N4O. The molecule has 0 aliphatic carbocycles. The van der Waals surface area contributed by atoms with Crippen LogP contribution in [0.3, 0.4) is 0 Å². The number of anilines is 1. The Balaban J connectivity index is 1.63. The molecule has 5 nitrogen and oxygen atoms in total. The Morgan fingerprint density at radius 2 is 1.86 bits per heavy atom. The molecule has 8 heteroatoms. The largest absolute Gasteiger partial charge is 0.406 e. The summed E-state index contributed by atoms with van der Waals surface area (Å²) in [6, 6.07) is 11.9. The minimum Gasteiger partial charge on any atom is -0.337 e. The quantitative estimate of drug-likeness (QED) is 0.546. The Labute approximate surface area is 158 Å². The van der Waals surface area contributed by atoms with E-state index in [1.165, 1.54) is 4.57 Å². The number of hydrogen-bond acceptors (Lipinski definition) is 2. The first-order chi connectivity index (χ1) is 13.4. The van der Waals surface area contributed by atoms with Gasteiger partial charge in [-0.05, 0) is 24.3 Å². The van der Waals surface area contributed by atoms with Crippen LogP contribution in [0.4, 0.5) is 18.9 Å². The predicted molar refractivity (Wildman–Crippen MR) is 101 cm³/mol. The highest BCUT2D eigenvalue weighted by Gasteiger charge is 2.29. The third-order valence-electron chi connectivity index (χ3n) is 4.55. The second-order valence-electron chi connectivity index (χ2n) is 6.55. The number of carbonyl (C=O) groups excluding carboxylic acids is 1. The third kappa shape index (κ3) is 3.71. The zero-order valence-electron chi connectivity index (χ0n) is 14.8. The molecule has 2 aromatic carbocycles. The van der Waals surface area contributed by atoms with E-state index >= 15 is 0 Å². The lowest BCUT2D eigenvalue weighted by molar-refractivity contribution is -0.139. The van der Waals surface area contributed by atoms with Crippen LogP contribution < -0.4 is 5.32 Å². The molecule has 0 bridgehead atoms. The molecule has 0 aliphatic heterocycles. The number of imidazole rings is 1. The van der Waals surface area contributed by atoms with Gasteiger partial charge in [-0.3, -0.25) is 4.79 Å². The van der Waals surface area contributed by atoms with Crippen LogP contribution >= 0.6 is 0 Å². The van der Waals surface area contributed by atoms with Crippen LogP contribution in [0.15, 0.2) is 61.2 Å². The SMILES string of the molecule is O=C(CCn1ccnc1)Nc1ccc2c(c1)c1ccccc1n2CC(F)(F)F. The number of aromatic nitrogens is 3. The van der Waals surface area contributed by atoms with E-state index in [1.807, 2.05) is 0 Å². The normalized spacial score (nSPS) is 12.0. The van der Waals surface area contributed by atoms with Crippen molar-refractivity contribution >= 4 is 33.4 Å². The van der Waals surface area contributed by atoms with Gasteiger partial charge in [0.25, 0.3) is 0 Å². The molecule has 4 rings (SSSR count). The fraction of sp³-hybridized carbons (Fsp3) is 0.200. The number of alkyl halides is 3. The maximum atomic E-state index is 13.0. The van der Waals surface area contributed by atoms with Gasteiger partial charge in [0.15, 0.2) is 0 Å². The predicted octanol–water partition coefficient (Wildman–Crippen LogP) is 4.58. The van der Waals surface area contributed by atoms with Crippen molar-refractivity contribution in [2.45, 2.75) is 25.7 Å². The molecule has 1 amide bonds. The molecule has 0 saturated carbocycles. The summed E-state index contributed by atoms with van der Waals surface area (Å²) >= 11 is 0. The fourth-order valence-corrected chi connectivity index (χ4v) is 3.35. The summed E-state index contributed by atoms with van der Waals surface area (Å²) < 4.78 is 42.2. The number of nitrogens with one attached hydrogen (secondary N) is 1. The number of aryl methyl sites for hydroxylation is 1. The first-order valence-electron chi connectivity index (χ1n) is 8.74. The molecule has 28 heavy (non-hydrogen) atoms. The molecule has 0 spiro atoms. The molecule has 144 valence electrons. The summed E-state index contributed by atoms with van der Waals surface area (Å²) in [6.07, 6.45) is 0.991. The summed E-state index contributed by atoms with van der Waals surface area (Å²) in [5, 5.41) is 4.21. The van der Waals surface area contributed by atoms with Crippen molar-refractivity contribution in [3.05, 3.63) is 61.2 Å². The lowest BCUT2D eigenvalue weighted by Crippen LogP contribution is -2.17. The van der Waals surface area contributed by atoms with E-state index in [0.717, 1.165) is 5.39 Å². The number of para-hydroxylation sites is 1. The van der Waals surface area contributed by atoms with Crippen LogP contribution in [-0.4, -0.2) is 26.2 Å². The van der Waals surface area contributed by atoms with Crippen LogP contribution in [-0.2, 0) is 17.9 Å². The topological polar surface area (TPSA) is 51.9 Å². The number of amides is 1. The van der Waals surface area contributed by atoms with Gasteiger partial charge in [0.05, 0.1) is 6.33 Å². The van der Waals surface area contributed by atoms with Gasteiger partial charge in [0.2, 0.25) is 5.91 Å². The lowest BCUT2D eigenvalue weighted by Gasteiger charge is -2.11. The fourth-order valence-electron chi connectivity index (χ4n) is 3.35. The summed E-state index contributed by atoms with van der Waals surface area (Å²) in [7, 11) is 0. The maximum Gasteiger partial charge on any atom is 0.406 e. The van der Waals surface area contributed by atoms with Crippen LogP contribution in [0.5, 0.6) is 0 Å². The summed E-state index contributed by atoms with van der Waals surface area (Å²) in [6.45, 7) is -0.563. The smallest absolute Gasteiger partial charge is 0.337 e. The van der Waals surface area contributed by atoms with E-state index in [4.69, 9.17) is 0 Å². The summed E-state index contributed by atoms with van der Waals surface area (Å²) in [4.78, 5) is 16.1. The van der Waals surface area contributed by atoms with Crippen molar-refractivity contribution < 1.29 is 18.0 Å². The molecule has 0 fully saturated rings. The van der Waals surface area contributed by atoms with Crippen molar-refractivity contribution in [3.8, 4) is 0 Å². The minimum atomic E-state index is -4.32. The highest BCUT2D eigenvalue weighted by Crippen LogP contribution is 2.33. The van der Waals surface area contributed by atoms with Gasteiger partial charge >= 0.3 is 6.18 Å².